The molecule has 0 spiro atoms. The number of fused-ring (bicyclic) bond motifs is 1. The lowest BCUT2D eigenvalue weighted by atomic mass is 9.80. The van der Waals surface area contributed by atoms with Gasteiger partial charge in [-0.2, -0.15) is 5.26 Å². The van der Waals surface area contributed by atoms with Crippen LogP contribution in [0.15, 0.2) is 96.2 Å². The van der Waals surface area contributed by atoms with Crippen LogP contribution in [0, 0.1) is 11.3 Å². The first-order valence-corrected chi connectivity index (χ1v) is 16.7. The minimum Gasteiger partial charge on any atom is -0.493 e. The lowest BCUT2D eigenvalue weighted by Crippen LogP contribution is -2.60. The first-order valence-electron chi connectivity index (χ1n) is 15.2. The van der Waals surface area contributed by atoms with Crippen molar-refractivity contribution < 1.29 is 22.7 Å². The summed E-state index contributed by atoms with van der Waals surface area (Å²) in [4.78, 5) is 23.6. The topological polar surface area (TPSA) is 116 Å². The van der Waals surface area contributed by atoms with Crippen molar-refractivity contribution in [2.45, 2.75) is 37.3 Å². The van der Waals surface area contributed by atoms with E-state index >= 15 is 4.79 Å². The minimum atomic E-state index is -4.40. The third kappa shape index (κ3) is 5.23. The molecule has 0 saturated carbocycles. The van der Waals surface area contributed by atoms with Gasteiger partial charge in [0.05, 0.1) is 34.9 Å². The van der Waals surface area contributed by atoms with Gasteiger partial charge in [0.15, 0.2) is 5.54 Å². The molecule has 0 aliphatic carbocycles. The molecule has 1 fully saturated rings. The summed E-state index contributed by atoms with van der Waals surface area (Å²) in [6.45, 7) is 7.99. The summed E-state index contributed by atoms with van der Waals surface area (Å²) >= 11 is 0. The molecule has 6 rings (SSSR count). The molecule has 0 N–H and O–H groups in total. The van der Waals surface area contributed by atoms with E-state index in [4.69, 9.17) is 9.47 Å². The van der Waals surface area contributed by atoms with Crippen LogP contribution in [0.1, 0.15) is 37.5 Å². The molecule has 11 heteroatoms. The Hall–Kier alpha value is -4.92. The van der Waals surface area contributed by atoms with Crippen LogP contribution in [0.4, 0.5) is 11.4 Å². The maximum absolute atomic E-state index is 15.2. The van der Waals surface area contributed by atoms with Crippen molar-refractivity contribution in [1.82, 2.24) is 9.88 Å². The molecule has 46 heavy (non-hydrogen) atoms. The van der Waals surface area contributed by atoms with Crippen LogP contribution in [0.25, 0.3) is 0 Å². The zero-order valence-electron chi connectivity index (χ0n) is 26.0. The number of hydrogen-bond acceptors (Lipinski definition) is 9. The van der Waals surface area contributed by atoms with Gasteiger partial charge in [-0.1, -0.05) is 18.2 Å². The van der Waals surface area contributed by atoms with E-state index in [0.29, 0.717) is 61.0 Å². The molecule has 0 bridgehead atoms. The molecule has 4 aromatic rings. The summed E-state index contributed by atoms with van der Waals surface area (Å²) < 4.78 is 41.7. The maximum Gasteiger partial charge on any atom is 0.271 e. The van der Waals surface area contributed by atoms with Crippen LogP contribution in [-0.4, -0.2) is 63.1 Å². The molecule has 1 saturated heterocycles. The van der Waals surface area contributed by atoms with Gasteiger partial charge in [0.25, 0.3) is 15.9 Å². The first kappa shape index (κ1) is 31.1. The largest absolute Gasteiger partial charge is 0.493 e. The van der Waals surface area contributed by atoms with Gasteiger partial charge in [-0.3, -0.25) is 14.7 Å². The summed E-state index contributed by atoms with van der Waals surface area (Å²) in [5.74, 6) is 0.343. The highest BCUT2D eigenvalue weighted by molar-refractivity contribution is 7.93. The fourth-order valence-electron chi connectivity index (χ4n) is 6.39. The molecular formula is C35H35N5O5S. The minimum absolute atomic E-state index is 0.0522. The summed E-state index contributed by atoms with van der Waals surface area (Å²) in [7, 11) is -4.40. The van der Waals surface area contributed by atoms with E-state index in [9.17, 15) is 13.7 Å². The van der Waals surface area contributed by atoms with E-state index in [2.05, 4.69) is 16.0 Å². The fraction of sp³-hybridized carbons (Fsp3) is 0.286. The van der Waals surface area contributed by atoms with Crippen LogP contribution in [0.3, 0.4) is 0 Å². The van der Waals surface area contributed by atoms with Gasteiger partial charge >= 0.3 is 0 Å². The van der Waals surface area contributed by atoms with E-state index in [0.717, 1.165) is 9.99 Å². The van der Waals surface area contributed by atoms with Crippen LogP contribution in [0.5, 0.6) is 11.5 Å². The number of carbonyl (C=O) groups excluding carboxylic acids is 1. The molecule has 1 atom stereocenters. The first-order chi connectivity index (χ1) is 22.2. The Morgan fingerprint density at radius 2 is 1.63 bits per heavy atom. The zero-order chi connectivity index (χ0) is 32.5. The second-order valence-electron chi connectivity index (χ2n) is 11.4. The predicted molar refractivity (Wildman–Crippen MR) is 174 cm³/mol. The van der Waals surface area contributed by atoms with Gasteiger partial charge in [0.1, 0.15) is 11.5 Å². The molecule has 2 aliphatic rings. The standard InChI is InChI=1S/C35H35N5O5S/c1-4-44-33-8-6-5-7-30(33)35(39-21-19-38(20-22-39)27-15-17-37-18-16-27)31-23-26(24-36)9-14-32(31)40(34(35)41)46(42,43)29-12-10-28(11-13-29)45-25(2)3/h5-18,23,25H,4,19-22H2,1-3H3. The van der Waals surface area contributed by atoms with Gasteiger partial charge in [-0.15, -0.1) is 0 Å². The van der Waals surface area contributed by atoms with E-state index in [1.807, 2.05) is 56.0 Å². The molecule has 3 heterocycles. The molecule has 3 aromatic carbocycles. The highest BCUT2D eigenvalue weighted by atomic mass is 32.2. The molecule has 1 unspecified atom stereocenters. The van der Waals surface area contributed by atoms with Crippen LogP contribution >= 0.6 is 0 Å². The summed E-state index contributed by atoms with van der Waals surface area (Å²) in [6.07, 6.45) is 3.39. The third-order valence-corrected chi connectivity index (χ3v) is 10.0. The zero-order valence-corrected chi connectivity index (χ0v) is 26.8. The summed E-state index contributed by atoms with van der Waals surface area (Å²) in [5, 5.41) is 9.95. The highest BCUT2D eigenvalue weighted by Crippen LogP contribution is 2.53. The Morgan fingerprint density at radius 3 is 2.28 bits per heavy atom. The molecule has 10 nitrogen and oxygen atoms in total. The second-order valence-corrected chi connectivity index (χ2v) is 13.2. The van der Waals surface area contributed by atoms with Crippen molar-refractivity contribution in [3.63, 3.8) is 0 Å². The van der Waals surface area contributed by atoms with Gasteiger partial charge in [-0.05, 0) is 81.4 Å². The van der Waals surface area contributed by atoms with Crippen molar-refractivity contribution in [3.05, 3.63) is 108 Å². The van der Waals surface area contributed by atoms with E-state index in [1.54, 1.807) is 48.8 Å². The third-order valence-electron chi connectivity index (χ3n) is 8.32. The number of rotatable bonds is 9. The average molecular weight is 638 g/mol. The van der Waals surface area contributed by atoms with E-state index in [-0.39, 0.29) is 16.7 Å². The molecule has 0 radical (unpaired) electrons. The number of carbonyl (C=O) groups is 1. The van der Waals surface area contributed by atoms with Gasteiger partial charge in [-0.25, -0.2) is 12.7 Å². The number of nitriles is 1. The number of sulfonamides is 1. The number of benzene rings is 3. The van der Waals surface area contributed by atoms with Gasteiger partial charge < -0.3 is 14.4 Å². The van der Waals surface area contributed by atoms with Crippen LogP contribution in [-0.2, 0) is 20.4 Å². The normalized spacial score (nSPS) is 18.4. The van der Waals surface area contributed by atoms with E-state index in [1.165, 1.54) is 12.1 Å². The molecule has 1 aromatic heterocycles. The molecular weight excluding hydrogens is 602 g/mol. The SMILES string of the molecule is CCOc1ccccc1C1(N2CCN(c3ccncc3)CC2)C(=O)N(S(=O)(=O)c2ccc(OC(C)C)cc2)c2ccc(C#N)cc21. The molecule has 236 valence electrons. The summed E-state index contributed by atoms with van der Waals surface area (Å²) in [5.41, 5.74) is 0.881. The smallest absolute Gasteiger partial charge is 0.271 e. The number of piperazine rings is 1. The summed E-state index contributed by atoms with van der Waals surface area (Å²) in [6, 6.07) is 24.1. The number of ether oxygens (including phenoxy) is 2. The molecule has 1 amide bonds. The molecule has 2 aliphatic heterocycles. The van der Waals surface area contributed by atoms with Crippen LogP contribution < -0.4 is 18.7 Å². The number of amides is 1. The Kier molecular flexibility index (Phi) is 8.42. The quantitative estimate of drug-likeness (QED) is 0.252. The van der Waals surface area contributed by atoms with Crippen molar-refractivity contribution in [1.29, 1.82) is 5.26 Å². The lowest BCUT2D eigenvalue weighted by Gasteiger charge is -2.46. The van der Waals surface area contributed by atoms with Crippen molar-refractivity contribution in [2.24, 2.45) is 0 Å². The lowest BCUT2D eigenvalue weighted by molar-refractivity contribution is -0.127. The Morgan fingerprint density at radius 1 is 0.935 bits per heavy atom. The monoisotopic (exact) mass is 637 g/mol. The predicted octanol–water partition coefficient (Wildman–Crippen LogP) is 4.94. The van der Waals surface area contributed by atoms with Crippen molar-refractivity contribution >= 4 is 27.3 Å². The maximum atomic E-state index is 15.2. The fourth-order valence-corrected chi connectivity index (χ4v) is 7.85. The number of aromatic nitrogens is 1. The number of pyridine rings is 1. The Labute approximate surface area is 269 Å². The Balaban J connectivity index is 1.53. The Bertz CT molecular complexity index is 1880. The van der Waals surface area contributed by atoms with Crippen molar-refractivity contribution in [2.75, 3.05) is 42.0 Å². The second kappa shape index (κ2) is 12.5. The number of nitrogens with zero attached hydrogens (tertiary/aromatic N) is 5. The van der Waals surface area contributed by atoms with Crippen LogP contribution in [0.2, 0.25) is 0 Å². The highest BCUT2D eigenvalue weighted by Gasteiger charge is 2.60. The number of anilines is 2. The average Bonchev–Trinajstić information content (AvgIpc) is 3.34. The number of hydrogen-bond donors (Lipinski definition) is 0. The van der Waals surface area contributed by atoms with Gasteiger partial charge in [0, 0.05) is 55.4 Å². The van der Waals surface area contributed by atoms with Crippen molar-refractivity contribution in [3.8, 4) is 17.6 Å². The number of para-hydroxylation sites is 1. The van der Waals surface area contributed by atoms with Gasteiger partial charge in [0.2, 0.25) is 0 Å². The van der Waals surface area contributed by atoms with E-state index < -0.39 is 21.5 Å².